The van der Waals surface area contributed by atoms with Crippen molar-refractivity contribution in [1.82, 2.24) is 10.2 Å². The monoisotopic (exact) mass is 425 g/mol. The van der Waals surface area contributed by atoms with Crippen LogP contribution in [0.2, 0.25) is 10.0 Å². The number of hydrogen-bond donors (Lipinski definition) is 1. The van der Waals surface area contributed by atoms with Crippen molar-refractivity contribution in [3.63, 3.8) is 0 Å². The lowest BCUT2D eigenvalue weighted by atomic mass is 10.1. The van der Waals surface area contributed by atoms with Crippen LogP contribution in [0.3, 0.4) is 0 Å². The van der Waals surface area contributed by atoms with Gasteiger partial charge in [0.05, 0.1) is 21.9 Å². The third-order valence-corrected chi connectivity index (χ3v) is 5.26. The van der Waals surface area contributed by atoms with E-state index in [-0.39, 0.29) is 33.8 Å². The van der Waals surface area contributed by atoms with E-state index in [4.69, 9.17) is 27.6 Å². The average Bonchev–Trinajstić information content (AvgIpc) is 3.03. The molecule has 2 aromatic carbocycles. The highest BCUT2D eigenvalue weighted by atomic mass is 35.5. The van der Waals surface area contributed by atoms with Gasteiger partial charge in [0.25, 0.3) is 5.91 Å². The molecule has 0 saturated carbocycles. The highest BCUT2D eigenvalue weighted by Crippen LogP contribution is 2.22. The van der Waals surface area contributed by atoms with Crippen LogP contribution in [0.5, 0.6) is 0 Å². The van der Waals surface area contributed by atoms with Crippen molar-refractivity contribution in [3.05, 3.63) is 69.5 Å². The smallest absolute Gasteiger partial charge is 0.322 e. The molecule has 0 fully saturated rings. The first-order valence-electron chi connectivity index (χ1n) is 7.60. The van der Waals surface area contributed by atoms with Crippen molar-refractivity contribution < 1.29 is 17.6 Å². The van der Waals surface area contributed by atoms with E-state index in [1.165, 1.54) is 24.3 Å². The minimum absolute atomic E-state index is 0.0844. The van der Waals surface area contributed by atoms with Crippen LogP contribution in [0.1, 0.15) is 21.8 Å². The maximum absolute atomic E-state index is 12.2. The molecule has 1 heterocycles. The van der Waals surface area contributed by atoms with Gasteiger partial charge < -0.3 is 4.42 Å². The molecule has 0 radical (unpaired) electrons. The number of hydrogen-bond acceptors (Lipinski definition) is 6. The second-order valence-corrected chi connectivity index (χ2v) is 8.53. The van der Waals surface area contributed by atoms with Crippen molar-refractivity contribution in [1.29, 1.82) is 0 Å². The molecule has 3 aromatic rings. The maximum atomic E-state index is 12.2. The van der Waals surface area contributed by atoms with E-state index in [1.807, 2.05) is 0 Å². The number of rotatable bonds is 5. The summed E-state index contributed by atoms with van der Waals surface area (Å²) in [7, 11) is -3.25. The Balaban J connectivity index is 1.70. The quantitative estimate of drug-likeness (QED) is 0.669. The summed E-state index contributed by atoms with van der Waals surface area (Å²) in [6.45, 7) is 0. The lowest BCUT2D eigenvalue weighted by Crippen LogP contribution is -2.12. The number of aromatic nitrogens is 2. The van der Waals surface area contributed by atoms with Crippen molar-refractivity contribution in [2.45, 2.75) is 11.3 Å². The predicted molar refractivity (Wildman–Crippen MR) is 101 cm³/mol. The minimum atomic E-state index is -3.25. The van der Waals surface area contributed by atoms with E-state index in [1.54, 1.807) is 18.2 Å². The molecule has 0 saturated heterocycles. The van der Waals surface area contributed by atoms with E-state index in [2.05, 4.69) is 15.5 Å². The Labute approximate surface area is 165 Å². The van der Waals surface area contributed by atoms with Gasteiger partial charge >= 0.3 is 6.01 Å². The third kappa shape index (κ3) is 4.85. The fourth-order valence-corrected chi connectivity index (χ4v) is 3.25. The molecule has 0 bridgehead atoms. The molecule has 0 aliphatic heterocycles. The summed E-state index contributed by atoms with van der Waals surface area (Å²) >= 11 is 11.9. The Hall–Kier alpha value is -2.42. The standard InChI is InChI=1S/C17H13Cl2N3O4S/c1-27(24,25)12-5-2-10(3-6-12)8-15-21-22-17(26-15)20-16(23)13-9-11(18)4-7-14(13)19/h2-7,9H,8H2,1H3,(H,20,22,23). The molecule has 0 atom stereocenters. The summed E-state index contributed by atoms with van der Waals surface area (Å²) in [5, 5.41) is 10.7. The molecule has 140 valence electrons. The van der Waals surface area contributed by atoms with Crippen molar-refractivity contribution >= 4 is 45.0 Å². The zero-order valence-corrected chi connectivity index (χ0v) is 16.3. The number of amides is 1. The molecule has 27 heavy (non-hydrogen) atoms. The number of benzene rings is 2. The molecule has 3 rings (SSSR count). The first-order chi connectivity index (χ1) is 12.7. The maximum Gasteiger partial charge on any atom is 0.322 e. The summed E-state index contributed by atoms with van der Waals surface area (Å²) < 4.78 is 28.3. The SMILES string of the molecule is CS(=O)(=O)c1ccc(Cc2nnc(NC(=O)c3cc(Cl)ccc3Cl)o2)cc1. The van der Waals surface area contributed by atoms with Gasteiger partial charge in [-0.1, -0.05) is 40.4 Å². The molecule has 0 unspecified atom stereocenters. The van der Waals surface area contributed by atoms with Crippen LogP contribution in [-0.4, -0.2) is 30.8 Å². The molecule has 0 spiro atoms. The van der Waals surface area contributed by atoms with Gasteiger partial charge in [0, 0.05) is 11.3 Å². The highest BCUT2D eigenvalue weighted by Gasteiger charge is 2.15. The van der Waals surface area contributed by atoms with Crippen LogP contribution < -0.4 is 5.32 Å². The van der Waals surface area contributed by atoms with Gasteiger partial charge in [-0.05, 0) is 35.9 Å². The number of halogens is 2. The number of nitrogens with zero attached hydrogens (tertiary/aromatic N) is 2. The van der Waals surface area contributed by atoms with E-state index in [0.29, 0.717) is 5.02 Å². The van der Waals surface area contributed by atoms with Crippen LogP contribution >= 0.6 is 23.2 Å². The van der Waals surface area contributed by atoms with Gasteiger partial charge in [-0.15, -0.1) is 5.10 Å². The number of nitrogens with one attached hydrogen (secondary N) is 1. The molecule has 10 heteroatoms. The number of carbonyl (C=O) groups excluding carboxylic acids is 1. The van der Waals surface area contributed by atoms with E-state index in [9.17, 15) is 13.2 Å². The minimum Gasteiger partial charge on any atom is -0.407 e. The third-order valence-electron chi connectivity index (χ3n) is 3.57. The first kappa shape index (κ1) is 19.3. The zero-order chi connectivity index (χ0) is 19.6. The van der Waals surface area contributed by atoms with Crippen molar-refractivity contribution in [2.75, 3.05) is 11.6 Å². The van der Waals surface area contributed by atoms with Crippen LogP contribution in [-0.2, 0) is 16.3 Å². The second-order valence-electron chi connectivity index (χ2n) is 5.67. The van der Waals surface area contributed by atoms with Crippen LogP contribution in [0.25, 0.3) is 0 Å². The van der Waals surface area contributed by atoms with Gasteiger partial charge in [0.2, 0.25) is 5.89 Å². The normalized spacial score (nSPS) is 11.4. The van der Waals surface area contributed by atoms with Crippen LogP contribution in [0.15, 0.2) is 51.8 Å². The fraction of sp³-hybridized carbons (Fsp3) is 0.118. The van der Waals surface area contributed by atoms with Crippen molar-refractivity contribution in [2.24, 2.45) is 0 Å². The lowest BCUT2D eigenvalue weighted by Gasteiger charge is -2.03. The molecule has 0 aliphatic carbocycles. The Morgan fingerprint density at radius 2 is 1.81 bits per heavy atom. The lowest BCUT2D eigenvalue weighted by molar-refractivity contribution is 0.102. The van der Waals surface area contributed by atoms with Crippen LogP contribution in [0, 0.1) is 0 Å². The highest BCUT2D eigenvalue weighted by molar-refractivity contribution is 7.90. The fourth-order valence-electron chi connectivity index (χ4n) is 2.24. The molecular weight excluding hydrogens is 413 g/mol. The molecule has 0 aliphatic rings. The largest absolute Gasteiger partial charge is 0.407 e. The van der Waals surface area contributed by atoms with Gasteiger partial charge in [-0.2, -0.15) is 0 Å². The second kappa shape index (κ2) is 7.67. The van der Waals surface area contributed by atoms with E-state index < -0.39 is 15.7 Å². The Morgan fingerprint density at radius 1 is 1.11 bits per heavy atom. The van der Waals surface area contributed by atoms with Gasteiger partial charge in [-0.3, -0.25) is 10.1 Å². The number of sulfone groups is 1. The van der Waals surface area contributed by atoms with Gasteiger partial charge in [0.1, 0.15) is 0 Å². The summed E-state index contributed by atoms with van der Waals surface area (Å²) in [5.74, 6) is -0.273. The molecule has 1 N–H and O–H groups in total. The molecule has 7 nitrogen and oxygen atoms in total. The van der Waals surface area contributed by atoms with Gasteiger partial charge in [-0.25, -0.2) is 8.42 Å². The van der Waals surface area contributed by atoms with Crippen LogP contribution in [0.4, 0.5) is 6.01 Å². The Bertz CT molecular complexity index is 1100. The van der Waals surface area contributed by atoms with Gasteiger partial charge in [0.15, 0.2) is 9.84 Å². The number of carbonyl (C=O) groups is 1. The number of anilines is 1. The topological polar surface area (TPSA) is 102 Å². The van der Waals surface area contributed by atoms with Crippen molar-refractivity contribution in [3.8, 4) is 0 Å². The first-order valence-corrected chi connectivity index (χ1v) is 10.2. The summed E-state index contributed by atoms with van der Waals surface area (Å²) in [5.41, 5.74) is 0.960. The average molecular weight is 426 g/mol. The predicted octanol–water partition coefficient (Wildman–Crippen LogP) is 3.62. The zero-order valence-electron chi connectivity index (χ0n) is 13.9. The summed E-state index contributed by atoms with van der Waals surface area (Å²) in [6.07, 6.45) is 1.42. The van der Waals surface area contributed by atoms with E-state index in [0.717, 1.165) is 11.8 Å². The summed E-state index contributed by atoms with van der Waals surface area (Å²) in [4.78, 5) is 12.5. The summed E-state index contributed by atoms with van der Waals surface area (Å²) in [6, 6.07) is 10.8. The molecular formula is C17H13Cl2N3O4S. The Morgan fingerprint density at radius 3 is 2.48 bits per heavy atom. The molecule has 1 amide bonds. The molecule has 1 aromatic heterocycles. The van der Waals surface area contributed by atoms with E-state index >= 15 is 0 Å². The Kier molecular flexibility index (Phi) is 5.50.